The van der Waals surface area contributed by atoms with Crippen LogP contribution in [0.1, 0.15) is 22.2 Å². The van der Waals surface area contributed by atoms with Crippen molar-refractivity contribution in [3.63, 3.8) is 0 Å². The lowest BCUT2D eigenvalue weighted by Gasteiger charge is -2.29. The van der Waals surface area contributed by atoms with E-state index in [1.807, 2.05) is 25.1 Å². The van der Waals surface area contributed by atoms with E-state index in [9.17, 15) is 17.6 Å². The number of allylic oxidation sites excluding steroid dienone is 1. The largest absolute Gasteiger partial charge is 0.494 e. The van der Waals surface area contributed by atoms with Gasteiger partial charge >= 0.3 is 0 Å². The molecule has 1 N–H and O–H groups in total. The highest BCUT2D eigenvalue weighted by atomic mass is 32.2. The third-order valence-corrected chi connectivity index (χ3v) is 8.77. The third kappa shape index (κ3) is 4.06. The predicted octanol–water partition coefficient (Wildman–Crippen LogP) is 5.38. The summed E-state index contributed by atoms with van der Waals surface area (Å²) in [4.78, 5) is 17.5. The van der Waals surface area contributed by atoms with Crippen LogP contribution >= 0.6 is 22.7 Å². The summed E-state index contributed by atoms with van der Waals surface area (Å²) in [6.45, 7) is 2.41. The number of Topliss-reactive ketones (excluding diaryl/α,β-unsaturated/α-hetero) is 1. The molecule has 4 aromatic rings. The number of anilines is 2. The van der Waals surface area contributed by atoms with Gasteiger partial charge in [-0.05, 0) is 54.3 Å². The van der Waals surface area contributed by atoms with Crippen molar-refractivity contribution in [3.05, 3.63) is 81.3 Å². The van der Waals surface area contributed by atoms with Gasteiger partial charge in [0.2, 0.25) is 5.78 Å². The molecule has 0 amide bonds. The molecule has 1 aliphatic rings. The number of thiazole rings is 1. The number of aromatic nitrogens is 1. The van der Waals surface area contributed by atoms with Gasteiger partial charge in [0.05, 0.1) is 29.1 Å². The Balaban J connectivity index is 1.49. The highest BCUT2D eigenvalue weighted by Crippen LogP contribution is 2.39. The smallest absolute Gasteiger partial charge is 0.270 e. The maximum absolute atomic E-state index is 13.5. The second kappa shape index (κ2) is 8.82. The van der Waals surface area contributed by atoms with Gasteiger partial charge in [0.1, 0.15) is 16.4 Å². The van der Waals surface area contributed by atoms with E-state index in [-0.39, 0.29) is 11.4 Å². The molecule has 2 aromatic carbocycles. The Hall–Kier alpha value is -3.28. The molecule has 0 saturated heterocycles. The molecule has 174 valence electrons. The average Bonchev–Trinajstić information content (AvgIpc) is 3.44. The second-order valence-corrected chi connectivity index (χ2v) is 11.1. The molecule has 5 rings (SSSR count). The molecular formula is C23H18FN3O4S3. The van der Waals surface area contributed by atoms with Crippen molar-refractivity contribution in [2.75, 3.05) is 16.2 Å². The number of fused-ring (bicyclic) bond motifs is 2. The van der Waals surface area contributed by atoms with E-state index in [0.29, 0.717) is 27.9 Å². The Morgan fingerprint density at radius 3 is 2.74 bits per heavy atom. The maximum atomic E-state index is 13.5. The Morgan fingerprint density at radius 1 is 1.18 bits per heavy atom. The van der Waals surface area contributed by atoms with Crippen LogP contribution in [0.25, 0.3) is 10.2 Å². The normalized spacial score (nSPS) is 16.1. The van der Waals surface area contributed by atoms with Crippen molar-refractivity contribution in [2.24, 2.45) is 0 Å². The first kappa shape index (κ1) is 22.5. The van der Waals surface area contributed by atoms with E-state index in [1.165, 1.54) is 57.4 Å². The molecule has 34 heavy (non-hydrogen) atoms. The van der Waals surface area contributed by atoms with Gasteiger partial charge in [-0.15, -0.1) is 11.3 Å². The monoisotopic (exact) mass is 515 g/mol. The average molecular weight is 516 g/mol. The van der Waals surface area contributed by atoms with Gasteiger partial charge in [-0.25, -0.2) is 17.8 Å². The number of rotatable bonds is 6. The quantitative estimate of drug-likeness (QED) is 0.347. The van der Waals surface area contributed by atoms with Gasteiger partial charge in [-0.2, -0.15) is 0 Å². The lowest BCUT2D eigenvalue weighted by Crippen LogP contribution is -2.38. The van der Waals surface area contributed by atoms with Crippen molar-refractivity contribution in [2.45, 2.75) is 13.5 Å². The molecule has 0 bridgehead atoms. The van der Waals surface area contributed by atoms with Gasteiger partial charge in [0, 0.05) is 6.20 Å². The van der Waals surface area contributed by atoms with Gasteiger partial charge < -0.3 is 10.1 Å². The Bertz CT molecular complexity index is 1520. The number of nitrogens with zero attached hydrogens (tertiary/aromatic N) is 2. The molecule has 0 saturated carbocycles. The van der Waals surface area contributed by atoms with E-state index in [4.69, 9.17) is 4.74 Å². The zero-order chi connectivity index (χ0) is 23.9. The van der Waals surface area contributed by atoms with E-state index < -0.39 is 21.6 Å². The number of nitrogens with one attached hydrogen (secondary N) is 1. The summed E-state index contributed by atoms with van der Waals surface area (Å²) < 4.78 is 47.8. The van der Waals surface area contributed by atoms with Crippen molar-refractivity contribution in [1.82, 2.24) is 4.98 Å². The molecule has 11 heteroatoms. The number of carbonyl (C=O) groups excluding carboxylic acids is 1. The maximum Gasteiger partial charge on any atom is 0.270 e. The van der Waals surface area contributed by atoms with Crippen LogP contribution in [-0.4, -0.2) is 25.8 Å². The SMILES string of the molecule is CCOc1ccc2nc(N/C=C3/C(=O)c4sccc4N(Cc4ccc(F)cc4)S3(=O)=O)sc2c1. The molecule has 3 heterocycles. The molecule has 0 radical (unpaired) electrons. The molecular weight excluding hydrogens is 497 g/mol. The highest BCUT2D eigenvalue weighted by Gasteiger charge is 2.41. The summed E-state index contributed by atoms with van der Waals surface area (Å²) >= 11 is 2.50. The standard InChI is InChI=1S/C23H18FN3O4S3/c1-2-31-16-7-8-17-19(11-16)33-23(26-17)25-12-20-21(28)22-18(9-10-32-22)27(34(20,29)30)13-14-3-5-15(24)6-4-14/h3-12H,2,13H2,1H3,(H,25,26)/b20-12-. The van der Waals surface area contributed by atoms with Gasteiger partial charge in [-0.1, -0.05) is 23.5 Å². The van der Waals surface area contributed by atoms with Crippen LogP contribution in [0.3, 0.4) is 0 Å². The van der Waals surface area contributed by atoms with E-state index in [2.05, 4.69) is 10.3 Å². The Labute approximate surface area is 203 Å². The first-order valence-corrected chi connectivity index (χ1v) is 13.4. The van der Waals surface area contributed by atoms with Crippen LogP contribution < -0.4 is 14.4 Å². The molecule has 7 nitrogen and oxygen atoms in total. The fourth-order valence-corrected chi connectivity index (χ4v) is 6.91. The Morgan fingerprint density at radius 2 is 1.97 bits per heavy atom. The fraction of sp³-hybridized carbons (Fsp3) is 0.130. The number of halogens is 1. The summed E-state index contributed by atoms with van der Waals surface area (Å²) in [5.41, 5.74) is 1.64. The van der Waals surface area contributed by atoms with Crippen LogP contribution in [0.2, 0.25) is 0 Å². The van der Waals surface area contributed by atoms with Crippen LogP contribution in [0.5, 0.6) is 5.75 Å². The van der Waals surface area contributed by atoms with Crippen molar-refractivity contribution < 1.29 is 22.3 Å². The third-order valence-electron chi connectivity index (χ3n) is 5.15. The predicted molar refractivity (Wildman–Crippen MR) is 133 cm³/mol. The number of hydrogen-bond donors (Lipinski definition) is 1. The van der Waals surface area contributed by atoms with Gasteiger partial charge in [-0.3, -0.25) is 9.10 Å². The van der Waals surface area contributed by atoms with E-state index in [1.54, 1.807) is 11.4 Å². The number of ether oxygens (including phenoxy) is 1. The van der Waals surface area contributed by atoms with Crippen molar-refractivity contribution >= 4 is 59.5 Å². The zero-order valence-corrected chi connectivity index (χ0v) is 20.3. The molecule has 0 atom stereocenters. The van der Waals surface area contributed by atoms with E-state index >= 15 is 0 Å². The molecule has 1 aliphatic heterocycles. The minimum absolute atomic E-state index is 0.0295. The summed E-state index contributed by atoms with van der Waals surface area (Å²) in [5, 5.41) is 5.01. The lowest BCUT2D eigenvalue weighted by molar-refractivity contribution is 0.104. The number of benzene rings is 2. The van der Waals surface area contributed by atoms with Crippen molar-refractivity contribution in [1.29, 1.82) is 0 Å². The minimum Gasteiger partial charge on any atom is -0.494 e. The molecule has 0 aliphatic carbocycles. The lowest BCUT2D eigenvalue weighted by atomic mass is 10.2. The summed E-state index contributed by atoms with van der Waals surface area (Å²) in [5.74, 6) is -0.270. The number of sulfonamides is 1. The topological polar surface area (TPSA) is 88.6 Å². The van der Waals surface area contributed by atoms with Gasteiger partial charge in [0.15, 0.2) is 10.0 Å². The first-order valence-electron chi connectivity index (χ1n) is 10.3. The zero-order valence-electron chi connectivity index (χ0n) is 17.8. The number of carbonyl (C=O) groups is 1. The van der Waals surface area contributed by atoms with Crippen LogP contribution in [-0.2, 0) is 16.6 Å². The molecule has 0 fully saturated rings. The fourth-order valence-electron chi connectivity index (χ4n) is 3.56. The van der Waals surface area contributed by atoms with Crippen LogP contribution in [0.4, 0.5) is 15.2 Å². The minimum atomic E-state index is -4.17. The summed E-state index contributed by atoms with van der Waals surface area (Å²) in [7, 11) is -4.17. The summed E-state index contributed by atoms with van der Waals surface area (Å²) in [6.07, 6.45) is 1.19. The second-order valence-electron chi connectivity index (χ2n) is 7.34. The number of ketones is 1. The number of thiophene rings is 1. The first-order chi connectivity index (χ1) is 16.4. The Kier molecular flexibility index (Phi) is 5.84. The molecule has 2 aromatic heterocycles. The van der Waals surface area contributed by atoms with Gasteiger partial charge in [0.25, 0.3) is 10.0 Å². The summed E-state index contributed by atoms with van der Waals surface area (Å²) in [6, 6.07) is 12.7. The molecule has 0 unspecified atom stereocenters. The van der Waals surface area contributed by atoms with E-state index in [0.717, 1.165) is 16.0 Å². The van der Waals surface area contributed by atoms with Crippen LogP contribution in [0.15, 0.2) is 65.0 Å². The van der Waals surface area contributed by atoms with Crippen molar-refractivity contribution in [3.8, 4) is 5.75 Å². The highest BCUT2D eigenvalue weighted by molar-refractivity contribution is 7.97. The molecule has 0 spiro atoms. The van der Waals surface area contributed by atoms with Crippen LogP contribution in [0, 0.1) is 5.82 Å². The number of hydrogen-bond acceptors (Lipinski definition) is 8.